The van der Waals surface area contributed by atoms with Crippen LogP contribution in [-0.2, 0) is 11.0 Å². The van der Waals surface area contributed by atoms with Crippen LogP contribution in [-0.4, -0.2) is 43.2 Å². The number of benzene rings is 1. The van der Waals surface area contributed by atoms with Crippen LogP contribution in [0.15, 0.2) is 30.5 Å². The Balaban J connectivity index is 1.65. The van der Waals surface area contributed by atoms with Crippen molar-refractivity contribution in [1.82, 2.24) is 15.6 Å². The molecule has 4 rings (SSSR count). The molecule has 7 nitrogen and oxygen atoms in total. The van der Waals surface area contributed by atoms with E-state index in [0.29, 0.717) is 11.4 Å². The second kappa shape index (κ2) is 10.9. The molecule has 2 fully saturated rings. The number of nitrogens with one attached hydrogen (secondary N) is 2. The maximum Gasteiger partial charge on any atom is 0.419 e. The van der Waals surface area contributed by atoms with Gasteiger partial charge in [0.25, 0.3) is 5.91 Å². The molecule has 2 atom stereocenters. The highest BCUT2D eigenvalue weighted by atomic mass is 19.4. The van der Waals surface area contributed by atoms with Crippen LogP contribution in [0.5, 0.6) is 5.75 Å². The monoisotopic (exact) mass is 526 g/mol. The number of amides is 3. The highest BCUT2D eigenvalue weighted by Gasteiger charge is 2.48. The van der Waals surface area contributed by atoms with Gasteiger partial charge in [-0.3, -0.25) is 9.69 Å². The standard InChI is InChI=1S/C25H27F5N4O3/c1-37-15-10-18(26)20(19(27)11-15)16-13-34(22-17(25(28,29)30)8-5-9-31-22)23(35)21(16)33-24(36)32-12-14-6-3-2-4-7-14/h5,8-11,14,16,21H,2-4,6-7,12-13H2,1H3,(H2,32,33,36)/t16-,21-/m0/s1. The first kappa shape index (κ1) is 26.6. The van der Waals surface area contributed by atoms with E-state index in [0.717, 1.165) is 62.6 Å². The number of aromatic nitrogens is 1. The minimum absolute atomic E-state index is 0.112. The minimum Gasteiger partial charge on any atom is -0.497 e. The molecule has 0 radical (unpaired) electrons. The van der Waals surface area contributed by atoms with Crippen molar-refractivity contribution in [2.75, 3.05) is 25.1 Å². The number of hydrogen-bond donors (Lipinski definition) is 2. The molecule has 2 aliphatic rings. The first-order chi connectivity index (χ1) is 17.6. The quantitative estimate of drug-likeness (QED) is 0.532. The van der Waals surface area contributed by atoms with Crippen molar-refractivity contribution in [3.8, 4) is 5.75 Å². The Labute approximate surface area is 210 Å². The number of alkyl halides is 3. The molecule has 1 aliphatic heterocycles. The average Bonchev–Trinajstić information content (AvgIpc) is 3.17. The van der Waals surface area contributed by atoms with Crippen molar-refractivity contribution in [3.63, 3.8) is 0 Å². The second-order valence-corrected chi connectivity index (χ2v) is 9.27. The summed E-state index contributed by atoms with van der Waals surface area (Å²) in [6.45, 7) is -0.183. The number of halogens is 5. The zero-order chi connectivity index (χ0) is 26.7. The third-order valence-electron chi connectivity index (χ3n) is 6.88. The smallest absolute Gasteiger partial charge is 0.419 e. The fourth-order valence-electron chi connectivity index (χ4n) is 5.03. The normalized spacial score (nSPS) is 20.7. The molecule has 37 heavy (non-hydrogen) atoms. The van der Waals surface area contributed by atoms with Gasteiger partial charge in [-0.05, 0) is 30.9 Å². The molecular formula is C25H27F5N4O3. The zero-order valence-electron chi connectivity index (χ0n) is 20.1. The fourth-order valence-corrected chi connectivity index (χ4v) is 5.03. The summed E-state index contributed by atoms with van der Waals surface area (Å²) in [5.74, 6) is -4.94. The van der Waals surface area contributed by atoms with Gasteiger partial charge in [0.1, 0.15) is 29.2 Å². The van der Waals surface area contributed by atoms with Crippen LogP contribution in [0.1, 0.15) is 49.1 Å². The predicted octanol–water partition coefficient (Wildman–Crippen LogP) is 4.77. The number of methoxy groups -OCH3 is 1. The molecule has 1 saturated heterocycles. The molecule has 2 N–H and O–H groups in total. The minimum atomic E-state index is -4.83. The predicted molar refractivity (Wildman–Crippen MR) is 124 cm³/mol. The third kappa shape index (κ3) is 5.78. The van der Waals surface area contributed by atoms with E-state index in [1.165, 1.54) is 7.11 Å². The number of carbonyl (C=O) groups excluding carboxylic acids is 2. The lowest BCUT2D eigenvalue weighted by molar-refractivity contribution is -0.137. The molecule has 1 aliphatic carbocycles. The van der Waals surface area contributed by atoms with E-state index in [1.807, 2.05) is 0 Å². The summed E-state index contributed by atoms with van der Waals surface area (Å²) in [5, 5.41) is 5.13. The van der Waals surface area contributed by atoms with E-state index in [1.54, 1.807) is 0 Å². The lowest BCUT2D eigenvalue weighted by atomic mass is 9.89. The van der Waals surface area contributed by atoms with E-state index >= 15 is 8.78 Å². The summed E-state index contributed by atoms with van der Waals surface area (Å²) in [6, 6.07) is 1.37. The lowest BCUT2D eigenvalue weighted by Crippen LogP contribution is -2.49. The van der Waals surface area contributed by atoms with Gasteiger partial charge >= 0.3 is 12.2 Å². The van der Waals surface area contributed by atoms with Crippen molar-refractivity contribution in [2.24, 2.45) is 5.92 Å². The molecule has 3 amide bonds. The van der Waals surface area contributed by atoms with E-state index in [2.05, 4.69) is 15.6 Å². The molecular weight excluding hydrogens is 499 g/mol. The molecule has 0 spiro atoms. The molecule has 1 aromatic carbocycles. The maximum absolute atomic E-state index is 15.0. The topological polar surface area (TPSA) is 83.6 Å². The van der Waals surface area contributed by atoms with Gasteiger partial charge in [-0.2, -0.15) is 13.2 Å². The second-order valence-electron chi connectivity index (χ2n) is 9.27. The van der Waals surface area contributed by atoms with Crippen LogP contribution < -0.4 is 20.3 Å². The summed E-state index contributed by atoms with van der Waals surface area (Å²) in [6.07, 6.45) is 1.37. The highest BCUT2D eigenvalue weighted by Crippen LogP contribution is 2.40. The number of ether oxygens (including phenoxy) is 1. The van der Waals surface area contributed by atoms with Crippen LogP contribution in [0.25, 0.3) is 0 Å². The molecule has 1 saturated carbocycles. The number of rotatable bonds is 6. The third-order valence-corrected chi connectivity index (χ3v) is 6.88. The van der Waals surface area contributed by atoms with Gasteiger partial charge in [0, 0.05) is 42.9 Å². The largest absolute Gasteiger partial charge is 0.497 e. The summed E-state index contributed by atoms with van der Waals surface area (Å²) in [5.41, 5.74) is -1.72. The van der Waals surface area contributed by atoms with Gasteiger partial charge in [-0.15, -0.1) is 0 Å². The number of carbonyl (C=O) groups is 2. The number of anilines is 1. The van der Waals surface area contributed by atoms with Gasteiger partial charge in [0.15, 0.2) is 0 Å². The first-order valence-electron chi connectivity index (χ1n) is 12.0. The molecule has 12 heteroatoms. The Bertz CT molecular complexity index is 1130. The van der Waals surface area contributed by atoms with Crippen LogP contribution in [0.4, 0.5) is 32.6 Å². The van der Waals surface area contributed by atoms with Gasteiger partial charge < -0.3 is 15.4 Å². The van der Waals surface area contributed by atoms with E-state index in [4.69, 9.17) is 4.74 Å². The van der Waals surface area contributed by atoms with Crippen molar-refractivity contribution < 1.29 is 36.3 Å². The van der Waals surface area contributed by atoms with Crippen LogP contribution in [0.3, 0.4) is 0 Å². The van der Waals surface area contributed by atoms with Gasteiger partial charge in [-0.1, -0.05) is 19.3 Å². The maximum atomic E-state index is 15.0. The van der Waals surface area contributed by atoms with E-state index in [-0.39, 0.29) is 11.7 Å². The summed E-state index contributed by atoms with van der Waals surface area (Å²) >= 11 is 0. The van der Waals surface area contributed by atoms with E-state index in [9.17, 15) is 22.8 Å². The Morgan fingerprint density at radius 3 is 2.46 bits per heavy atom. The zero-order valence-corrected chi connectivity index (χ0v) is 20.1. The van der Waals surface area contributed by atoms with Crippen molar-refractivity contribution in [1.29, 1.82) is 0 Å². The summed E-state index contributed by atoms with van der Waals surface area (Å²) < 4.78 is 75.8. The summed E-state index contributed by atoms with van der Waals surface area (Å²) in [7, 11) is 1.22. The van der Waals surface area contributed by atoms with Gasteiger partial charge in [0.05, 0.1) is 12.7 Å². The number of urea groups is 1. The molecule has 0 bridgehead atoms. The first-order valence-corrected chi connectivity index (χ1v) is 12.0. The SMILES string of the molecule is COc1cc(F)c([C@@H]2CN(c3ncccc3C(F)(F)F)C(=O)[C@H]2NC(=O)NCC2CCCCC2)c(F)c1. The number of pyridine rings is 1. The summed E-state index contributed by atoms with van der Waals surface area (Å²) in [4.78, 5) is 30.5. The Kier molecular flexibility index (Phi) is 7.84. The van der Waals surface area contributed by atoms with Gasteiger partial charge in [-0.25, -0.2) is 18.6 Å². The highest BCUT2D eigenvalue weighted by molar-refractivity contribution is 6.02. The van der Waals surface area contributed by atoms with Crippen LogP contribution in [0.2, 0.25) is 0 Å². The van der Waals surface area contributed by atoms with E-state index < -0.39 is 65.2 Å². The Morgan fingerprint density at radius 2 is 1.84 bits per heavy atom. The van der Waals surface area contributed by atoms with Crippen molar-refractivity contribution in [2.45, 2.75) is 50.2 Å². The molecule has 0 unspecified atom stereocenters. The molecule has 2 heterocycles. The van der Waals surface area contributed by atoms with Crippen LogP contribution in [0, 0.1) is 17.6 Å². The Hall–Kier alpha value is -3.44. The average molecular weight is 527 g/mol. The molecule has 200 valence electrons. The number of nitrogens with zero attached hydrogens (tertiary/aromatic N) is 2. The molecule has 2 aromatic rings. The van der Waals surface area contributed by atoms with Gasteiger partial charge in [0.2, 0.25) is 0 Å². The van der Waals surface area contributed by atoms with Crippen molar-refractivity contribution in [3.05, 3.63) is 53.2 Å². The van der Waals surface area contributed by atoms with Crippen molar-refractivity contribution >= 4 is 17.8 Å². The van der Waals surface area contributed by atoms with Crippen LogP contribution >= 0.6 is 0 Å². The molecule has 1 aromatic heterocycles. The Morgan fingerprint density at radius 1 is 1.16 bits per heavy atom. The number of hydrogen-bond acceptors (Lipinski definition) is 4. The fraction of sp³-hybridized carbons (Fsp3) is 0.480. The lowest BCUT2D eigenvalue weighted by Gasteiger charge is -2.23.